The van der Waals surface area contributed by atoms with Crippen LogP contribution in [0.2, 0.25) is 0 Å². The summed E-state index contributed by atoms with van der Waals surface area (Å²) in [7, 11) is 0. The summed E-state index contributed by atoms with van der Waals surface area (Å²) in [6.45, 7) is -0.809. The lowest BCUT2D eigenvalue weighted by atomic mass is 10.2. The molecule has 0 saturated heterocycles. The molecule has 0 bridgehead atoms. The number of aromatic nitrogens is 3. The highest BCUT2D eigenvalue weighted by Gasteiger charge is 2.11. The summed E-state index contributed by atoms with van der Waals surface area (Å²) < 4.78 is 35.9. The van der Waals surface area contributed by atoms with Crippen molar-refractivity contribution in [3.8, 4) is 11.5 Å². The summed E-state index contributed by atoms with van der Waals surface area (Å²) in [5, 5.41) is 12.5. The second-order valence-corrected chi connectivity index (χ2v) is 4.70. The van der Waals surface area contributed by atoms with Crippen LogP contribution in [0.4, 0.5) is 8.78 Å². The third kappa shape index (κ3) is 4.17. The van der Waals surface area contributed by atoms with Crippen LogP contribution in [0.3, 0.4) is 0 Å². The molecule has 0 radical (unpaired) electrons. The predicted octanol–water partition coefficient (Wildman–Crippen LogP) is 2.88. The fraction of sp³-hybridized carbons (Fsp3) is 0.308. The molecular formula is C13H14F2N4O2S. The highest BCUT2D eigenvalue weighted by atomic mass is 32.2. The second kappa shape index (κ2) is 7.74. The quantitative estimate of drug-likeness (QED) is 0.578. The van der Waals surface area contributed by atoms with Crippen molar-refractivity contribution in [3.05, 3.63) is 30.1 Å². The van der Waals surface area contributed by atoms with Crippen LogP contribution < -0.4 is 9.47 Å². The highest BCUT2D eigenvalue weighted by Crippen LogP contribution is 2.29. The molecule has 1 heterocycles. The van der Waals surface area contributed by atoms with E-state index >= 15 is 0 Å². The molecule has 0 fully saturated rings. The van der Waals surface area contributed by atoms with Crippen LogP contribution in [0.5, 0.6) is 11.5 Å². The zero-order chi connectivity index (χ0) is 15.9. The van der Waals surface area contributed by atoms with Gasteiger partial charge in [-0.3, -0.25) is 0 Å². The smallest absolute Gasteiger partial charge is 0.387 e. The Hall–Kier alpha value is -2.16. The van der Waals surface area contributed by atoms with E-state index in [0.717, 1.165) is 0 Å². The van der Waals surface area contributed by atoms with E-state index in [9.17, 15) is 8.78 Å². The van der Waals surface area contributed by atoms with Gasteiger partial charge in [0.1, 0.15) is 6.33 Å². The van der Waals surface area contributed by atoms with E-state index in [0.29, 0.717) is 17.3 Å². The van der Waals surface area contributed by atoms with Gasteiger partial charge in [0.25, 0.3) is 0 Å². The summed E-state index contributed by atoms with van der Waals surface area (Å²) in [6, 6.07) is 4.60. The fourth-order valence-electron chi connectivity index (χ4n) is 1.63. The summed E-state index contributed by atoms with van der Waals surface area (Å²) in [4.78, 5) is 0. The zero-order valence-corrected chi connectivity index (χ0v) is 12.8. The molecular weight excluding hydrogens is 314 g/mol. The topological polar surface area (TPSA) is 61.5 Å². The van der Waals surface area contributed by atoms with E-state index in [1.807, 2.05) is 6.26 Å². The predicted molar refractivity (Wildman–Crippen MR) is 79.0 cm³/mol. The van der Waals surface area contributed by atoms with Gasteiger partial charge in [-0.1, -0.05) is 11.8 Å². The van der Waals surface area contributed by atoms with E-state index in [1.54, 1.807) is 25.3 Å². The van der Waals surface area contributed by atoms with Crippen LogP contribution in [0.25, 0.3) is 0 Å². The fourth-order valence-corrected chi connectivity index (χ4v) is 2.04. The number of hydrogen-bond donors (Lipinski definition) is 0. The third-order valence-electron chi connectivity index (χ3n) is 2.50. The minimum absolute atomic E-state index is 0.0110. The van der Waals surface area contributed by atoms with Crippen molar-refractivity contribution < 1.29 is 18.3 Å². The lowest BCUT2D eigenvalue weighted by molar-refractivity contribution is -0.0514. The molecule has 9 heteroatoms. The molecule has 0 spiro atoms. The van der Waals surface area contributed by atoms with Crippen LogP contribution in [0, 0.1) is 0 Å². The summed E-state index contributed by atoms with van der Waals surface area (Å²) in [5.74, 6) is 0.226. The van der Waals surface area contributed by atoms with Crippen molar-refractivity contribution >= 4 is 18.0 Å². The normalized spacial score (nSPS) is 11.3. The SMILES string of the molecule is CCOc1cc(/C=N/n2cnnc2SC)ccc1OC(F)F. The van der Waals surface area contributed by atoms with Gasteiger partial charge in [-0.15, -0.1) is 10.2 Å². The Balaban J connectivity index is 2.22. The Morgan fingerprint density at radius 3 is 2.91 bits per heavy atom. The maximum atomic E-state index is 12.3. The molecule has 1 aromatic carbocycles. The molecule has 0 aliphatic heterocycles. The van der Waals surface area contributed by atoms with Crippen LogP contribution >= 0.6 is 11.8 Å². The van der Waals surface area contributed by atoms with Crippen LogP contribution in [-0.4, -0.2) is 40.6 Å². The first-order chi connectivity index (χ1) is 10.6. The number of ether oxygens (including phenoxy) is 2. The first kappa shape index (κ1) is 16.2. The van der Waals surface area contributed by atoms with Crippen LogP contribution in [-0.2, 0) is 0 Å². The minimum atomic E-state index is -2.90. The van der Waals surface area contributed by atoms with Crippen LogP contribution in [0.15, 0.2) is 34.8 Å². The molecule has 0 atom stereocenters. The third-order valence-corrected chi connectivity index (χ3v) is 3.13. The van der Waals surface area contributed by atoms with E-state index in [2.05, 4.69) is 20.0 Å². The molecule has 22 heavy (non-hydrogen) atoms. The van der Waals surface area contributed by atoms with Crippen LogP contribution in [0.1, 0.15) is 12.5 Å². The molecule has 0 amide bonds. The Kier molecular flexibility index (Phi) is 5.70. The van der Waals surface area contributed by atoms with E-state index < -0.39 is 6.61 Å². The van der Waals surface area contributed by atoms with Gasteiger partial charge in [-0.25, -0.2) is 0 Å². The van der Waals surface area contributed by atoms with Gasteiger partial charge in [0, 0.05) is 0 Å². The van der Waals surface area contributed by atoms with Gasteiger partial charge >= 0.3 is 6.61 Å². The molecule has 118 valence electrons. The van der Waals surface area contributed by atoms with Gasteiger partial charge in [0.15, 0.2) is 11.5 Å². The largest absolute Gasteiger partial charge is 0.490 e. The lowest BCUT2D eigenvalue weighted by Crippen LogP contribution is -2.05. The monoisotopic (exact) mass is 328 g/mol. The minimum Gasteiger partial charge on any atom is -0.490 e. The Bertz CT molecular complexity index is 649. The summed E-state index contributed by atoms with van der Waals surface area (Å²) in [5.41, 5.74) is 0.672. The lowest BCUT2D eigenvalue weighted by Gasteiger charge is -2.11. The van der Waals surface area contributed by atoms with Crippen molar-refractivity contribution in [2.75, 3.05) is 12.9 Å². The van der Waals surface area contributed by atoms with Crippen molar-refractivity contribution in [3.63, 3.8) is 0 Å². The number of thioether (sulfide) groups is 1. The number of alkyl halides is 2. The summed E-state index contributed by atoms with van der Waals surface area (Å²) >= 11 is 1.41. The van der Waals surface area contributed by atoms with Crippen molar-refractivity contribution in [2.24, 2.45) is 5.10 Å². The second-order valence-electron chi connectivity index (χ2n) is 3.92. The Morgan fingerprint density at radius 1 is 1.41 bits per heavy atom. The Morgan fingerprint density at radius 2 is 2.23 bits per heavy atom. The maximum Gasteiger partial charge on any atom is 0.387 e. The van der Waals surface area contributed by atoms with E-state index in [1.165, 1.54) is 28.8 Å². The number of halogens is 2. The van der Waals surface area contributed by atoms with Gasteiger partial charge < -0.3 is 9.47 Å². The molecule has 6 nitrogen and oxygen atoms in total. The molecule has 2 aromatic rings. The summed E-state index contributed by atoms with van der Waals surface area (Å²) in [6.07, 6.45) is 4.89. The standard InChI is InChI=1S/C13H14F2N4O2S/c1-3-20-11-6-9(4-5-10(11)21-12(14)15)7-17-19-8-16-18-13(19)22-2/h4-8,12H,3H2,1-2H3/b17-7+. The first-order valence-corrected chi connectivity index (χ1v) is 7.56. The maximum absolute atomic E-state index is 12.3. The molecule has 0 aliphatic carbocycles. The van der Waals surface area contributed by atoms with Crippen molar-refractivity contribution in [2.45, 2.75) is 18.7 Å². The van der Waals surface area contributed by atoms with Gasteiger partial charge in [0.05, 0.1) is 12.8 Å². The van der Waals surface area contributed by atoms with E-state index in [-0.39, 0.29) is 11.5 Å². The molecule has 0 saturated carbocycles. The molecule has 2 rings (SSSR count). The average Bonchev–Trinajstić information content (AvgIpc) is 2.94. The van der Waals surface area contributed by atoms with Crippen molar-refractivity contribution in [1.29, 1.82) is 0 Å². The average molecular weight is 328 g/mol. The van der Waals surface area contributed by atoms with Gasteiger partial charge in [-0.05, 0) is 36.9 Å². The van der Waals surface area contributed by atoms with Gasteiger partial charge in [-0.2, -0.15) is 18.6 Å². The molecule has 1 aromatic heterocycles. The number of nitrogens with zero attached hydrogens (tertiary/aromatic N) is 4. The molecule has 0 unspecified atom stereocenters. The number of rotatable bonds is 7. The first-order valence-electron chi connectivity index (χ1n) is 6.34. The van der Waals surface area contributed by atoms with E-state index in [4.69, 9.17) is 4.74 Å². The molecule has 0 aliphatic rings. The number of hydrogen-bond acceptors (Lipinski definition) is 6. The molecule has 0 N–H and O–H groups in total. The van der Waals surface area contributed by atoms with Crippen molar-refractivity contribution in [1.82, 2.24) is 14.9 Å². The Labute approximate surface area is 130 Å². The number of benzene rings is 1. The zero-order valence-electron chi connectivity index (χ0n) is 11.9. The van der Waals surface area contributed by atoms with Gasteiger partial charge in [0.2, 0.25) is 5.16 Å². The highest BCUT2D eigenvalue weighted by molar-refractivity contribution is 7.98.